The summed E-state index contributed by atoms with van der Waals surface area (Å²) in [4.78, 5) is 0. The van der Waals surface area contributed by atoms with E-state index in [4.69, 9.17) is 4.43 Å². The Labute approximate surface area is 150 Å². The molecule has 0 N–H and O–H groups in total. The molecule has 0 heterocycles. The summed E-state index contributed by atoms with van der Waals surface area (Å²) < 4.78 is 6.17. The summed E-state index contributed by atoms with van der Waals surface area (Å²) in [7, 11) is -2.95. The Morgan fingerprint density at radius 1 is 1.08 bits per heavy atom. The fraction of sp³-hybridized carbons (Fsp3) is 0.429. The van der Waals surface area contributed by atoms with E-state index in [9.17, 15) is 0 Å². The van der Waals surface area contributed by atoms with Crippen LogP contribution in [0, 0.1) is 17.8 Å². The minimum atomic E-state index is -1.50. The fourth-order valence-corrected chi connectivity index (χ4v) is 4.79. The number of hydrogen-bond acceptors (Lipinski definition) is 1. The van der Waals surface area contributed by atoms with Crippen LogP contribution >= 0.6 is 0 Å². The Hall–Kier alpha value is -1.51. The van der Waals surface area contributed by atoms with Crippen molar-refractivity contribution in [2.75, 3.05) is 0 Å². The highest BCUT2D eigenvalue weighted by atomic mass is 28.4. The van der Waals surface area contributed by atoms with Crippen LogP contribution in [0.15, 0.2) is 53.4 Å². The minimum Gasteiger partial charge on any atom is -0.548 e. The van der Waals surface area contributed by atoms with Gasteiger partial charge >= 0.3 is 0 Å². The molecule has 1 aromatic carbocycles. The van der Waals surface area contributed by atoms with E-state index in [1.54, 1.807) is 0 Å². The first kappa shape index (κ1) is 18.8. The van der Waals surface area contributed by atoms with Gasteiger partial charge in [0.2, 0.25) is 8.32 Å². The lowest BCUT2D eigenvalue weighted by Crippen LogP contribution is -2.24. The van der Waals surface area contributed by atoms with Gasteiger partial charge in [-0.3, -0.25) is 0 Å². The van der Waals surface area contributed by atoms with Crippen LogP contribution in [0.25, 0.3) is 0 Å². The van der Waals surface area contributed by atoms with Gasteiger partial charge in [-0.25, -0.2) is 0 Å². The van der Waals surface area contributed by atoms with Crippen LogP contribution < -0.4 is 0 Å². The van der Waals surface area contributed by atoms with Crippen molar-refractivity contribution in [2.24, 2.45) is 5.92 Å². The summed E-state index contributed by atoms with van der Waals surface area (Å²) in [5.41, 5.74) is 1.09. The summed E-state index contributed by atoms with van der Waals surface area (Å²) in [5.74, 6) is 8.49. The van der Waals surface area contributed by atoms with Crippen molar-refractivity contribution in [3.63, 3.8) is 0 Å². The van der Waals surface area contributed by atoms with Crippen LogP contribution in [0.1, 0.15) is 18.4 Å². The van der Waals surface area contributed by atoms with Crippen molar-refractivity contribution in [3.8, 4) is 11.8 Å². The van der Waals surface area contributed by atoms with Gasteiger partial charge in [-0.1, -0.05) is 55.8 Å². The molecule has 1 nitrogen and oxygen atoms in total. The van der Waals surface area contributed by atoms with Gasteiger partial charge in [0.25, 0.3) is 0 Å². The number of hydrogen-bond donors (Lipinski definition) is 0. The highest BCUT2D eigenvalue weighted by molar-refractivity contribution is 6.84. The molecule has 0 spiro atoms. The Morgan fingerprint density at radius 3 is 2.33 bits per heavy atom. The molecule has 0 aliphatic heterocycles. The summed E-state index contributed by atoms with van der Waals surface area (Å²) >= 11 is 0. The largest absolute Gasteiger partial charge is 0.548 e. The molecule has 0 aromatic heterocycles. The van der Waals surface area contributed by atoms with E-state index in [0.29, 0.717) is 5.92 Å². The van der Waals surface area contributed by atoms with Crippen LogP contribution in [0.4, 0.5) is 0 Å². The van der Waals surface area contributed by atoms with E-state index in [0.717, 1.165) is 18.4 Å². The van der Waals surface area contributed by atoms with Crippen molar-refractivity contribution < 1.29 is 4.43 Å². The molecular formula is C21H30OSi2. The van der Waals surface area contributed by atoms with Gasteiger partial charge in [-0.2, -0.15) is 0 Å². The van der Waals surface area contributed by atoms with Gasteiger partial charge in [0, 0.05) is 12.0 Å². The smallest absolute Gasteiger partial charge is 0.241 e. The average molecular weight is 355 g/mol. The first-order valence-electron chi connectivity index (χ1n) is 8.82. The Balaban J connectivity index is 2.21. The van der Waals surface area contributed by atoms with Crippen LogP contribution in [-0.4, -0.2) is 16.4 Å². The van der Waals surface area contributed by atoms with Gasteiger partial charge < -0.3 is 4.43 Å². The average Bonchev–Trinajstić information content (AvgIpc) is 2.88. The van der Waals surface area contributed by atoms with Gasteiger partial charge in [-0.15, -0.1) is 0 Å². The van der Waals surface area contributed by atoms with Crippen molar-refractivity contribution in [1.82, 2.24) is 0 Å². The predicted octanol–water partition coefficient (Wildman–Crippen LogP) is 5.99. The highest BCUT2D eigenvalue weighted by Gasteiger charge is 2.24. The summed E-state index contributed by atoms with van der Waals surface area (Å²) in [6.45, 7) is 13.9. The highest BCUT2D eigenvalue weighted by Crippen LogP contribution is 2.30. The van der Waals surface area contributed by atoms with Gasteiger partial charge in [0.15, 0.2) is 0 Å². The van der Waals surface area contributed by atoms with E-state index >= 15 is 0 Å². The SMILES string of the molecule is C[Si](C)(C)OC1=CC(/C=C(\C#Cc2ccccc2)[Si](C)(C)C)CC1. The lowest BCUT2D eigenvalue weighted by atomic mass is 10.1. The molecule has 0 saturated carbocycles. The quantitative estimate of drug-likeness (QED) is 0.477. The van der Waals surface area contributed by atoms with Crippen molar-refractivity contribution in [3.05, 3.63) is 59.0 Å². The van der Waals surface area contributed by atoms with Crippen molar-refractivity contribution >= 4 is 16.4 Å². The lowest BCUT2D eigenvalue weighted by Gasteiger charge is -2.19. The maximum Gasteiger partial charge on any atom is 0.241 e. The molecular weight excluding hydrogens is 324 g/mol. The monoisotopic (exact) mass is 354 g/mol. The Bertz CT molecular complexity index is 677. The lowest BCUT2D eigenvalue weighted by molar-refractivity contribution is 0.407. The molecule has 24 heavy (non-hydrogen) atoms. The Morgan fingerprint density at radius 2 is 1.75 bits per heavy atom. The standard InChI is InChI=1S/C21H30OSi2/c1-23(2,3)21(15-13-18-10-8-7-9-11-18)17-19-12-14-20(16-19)22-24(4,5)6/h7-11,16-17,19H,12,14H2,1-6H3/b21-17+. The minimum absolute atomic E-state index is 0.475. The van der Waals surface area contributed by atoms with Gasteiger partial charge in [0.05, 0.1) is 13.8 Å². The molecule has 0 bridgehead atoms. The molecule has 1 atom stereocenters. The normalized spacial score (nSPS) is 18.7. The maximum atomic E-state index is 6.17. The van der Waals surface area contributed by atoms with Crippen LogP contribution in [0.2, 0.25) is 39.3 Å². The fourth-order valence-electron chi connectivity index (χ4n) is 2.68. The zero-order valence-corrected chi connectivity index (χ0v) is 17.9. The summed E-state index contributed by atoms with van der Waals surface area (Å²) in [6, 6.07) is 10.3. The second-order valence-electron chi connectivity index (χ2n) is 8.50. The zero-order chi connectivity index (χ0) is 17.8. The molecule has 128 valence electrons. The van der Waals surface area contributed by atoms with Crippen LogP contribution in [-0.2, 0) is 4.43 Å². The first-order chi connectivity index (χ1) is 11.1. The maximum absolute atomic E-state index is 6.17. The van der Waals surface area contributed by atoms with E-state index in [2.05, 4.69) is 75.4 Å². The number of rotatable bonds is 4. The van der Waals surface area contributed by atoms with Gasteiger partial charge in [-0.05, 0) is 55.4 Å². The molecule has 1 aliphatic carbocycles. The molecule has 1 aliphatic rings. The van der Waals surface area contributed by atoms with E-state index in [-0.39, 0.29) is 0 Å². The topological polar surface area (TPSA) is 9.23 Å². The number of allylic oxidation sites excluding steroid dienone is 4. The van der Waals surface area contributed by atoms with E-state index in [1.165, 1.54) is 11.0 Å². The number of benzene rings is 1. The summed E-state index contributed by atoms with van der Waals surface area (Å²) in [5, 5.41) is 1.35. The molecule has 1 unspecified atom stereocenters. The molecule has 1 aromatic rings. The van der Waals surface area contributed by atoms with Crippen molar-refractivity contribution in [1.29, 1.82) is 0 Å². The van der Waals surface area contributed by atoms with Crippen LogP contribution in [0.5, 0.6) is 0 Å². The first-order valence-corrected chi connectivity index (χ1v) is 15.7. The molecule has 0 amide bonds. The summed E-state index contributed by atoms with van der Waals surface area (Å²) in [6.07, 6.45) is 6.95. The molecule has 0 fully saturated rings. The molecule has 0 radical (unpaired) electrons. The van der Waals surface area contributed by atoms with E-state index < -0.39 is 16.4 Å². The third-order valence-corrected chi connectivity index (χ3v) is 6.65. The zero-order valence-electron chi connectivity index (χ0n) is 15.9. The molecule has 3 heteroatoms. The second kappa shape index (κ2) is 7.59. The second-order valence-corrected chi connectivity index (χ2v) is 18.0. The van der Waals surface area contributed by atoms with Crippen LogP contribution in [0.3, 0.4) is 0 Å². The Kier molecular flexibility index (Phi) is 5.95. The third-order valence-electron chi connectivity index (χ3n) is 3.87. The molecule has 0 saturated heterocycles. The molecule has 2 rings (SSSR count). The van der Waals surface area contributed by atoms with Gasteiger partial charge in [0.1, 0.15) is 0 Å². The third kappa shape index (κ3) is 6.18. The van der Waals surface area contributed by atoms with Crippen molar-refractivity contribution in [2.45, 2.75) is 52.1 Å². The van der Waals surface area contributed by atoms with E-state index in [1.807, 2.05) is 18.2 Å². The predicted molar refractivity (Wildman–Crippen MR) is 110 cm³/mol.